The first-order valence-corrected chi connectivity index (χ1v) is 14.1. The van der Waals surface area contributed by atoms with Crippen LogP contribution in [0.5, 0.6) is 0 Å². The quantitative estimate of drug-likeness (QED) is 0.315. The minimum absolute atomic E-state index is 0.271. The van der Waals surface area contributed by atoms with Crippen LogP contribution in [-0.2, 0) is 28.7 Å². The molecule has 2 atom stereocenters. The average Bonchev–Trinajstić information content (AvgIpc) is 3.00. The first kappa shape index (κ1) is 31.1. The number of esters is 1. The standard InChI is InChI=1S/C29H42N4O7/c1-4-5-14-22(24(34)25(35)30-23(26(36)39-3)21-12-8-6-9-13-21)32(2)27(37)29(15-10-7-11-16-29)31-28(38)33-17-19-40-20-18-33/h6,8-9,12-13,22-23H,4-5,7,10-11,14-20H2,1-3H3,(H,30,35)(H,31,38)/t22-,23-/m0/s1. The summed E-state index contributed by atoms with van der Waals surface area (Å²) in [5.41, 5.74) is -0.695. The molecule has 0 aromatic heterocycles. The predicted octanol–water partition coefficient (Wildman–Crippen LogP) is 2.35. The topological polar surface area (TPSA) is 134 Å². The zero-order valence-electron chi connectivity index (χ0n) is 23.8. The van der Waals surface area contributed by atoms with Gasteiger partial charge in [0.05, 0.1) is 26.4 Å². The summed E-state index contributed by atoms with van der Waals surface area (Å²) in [6, 6.07) is 5.94. The molecule has 3 rings (SSSR count). The molecule has 4 amide bonds. The Morgan fingerprint density at radius 3 is 2.30 bits per heavy atom. The van der Waals surface area contributed by atoms with Crippen molar-refractivity contribution in [1.82, 2.24) is 20.4 Å². The number of amides is 4. The van der Waals surface area contributed by atoms with Gasteiger partial charge in [-0.25, -0.2) is 9.59 Å². The van der Waals surface area contributed by atoms with Crippen LogP contribution >= 0.6 is 0 Å². The smallest absolute Gasteiger partial charge is 0.333 e. The van der Waals surface area contributed by atoms with Gasteiger partial charge in [0.15, 0.2) is 6.04 Å². The van der Waals surface area contributed by atoms with Crippen molar-refractivity contribution in [2.24, 2.45) is 0 Å². The third-order valence-corrected chi connectivity index (χ3v) is 7.75. The van der Waals surface area contributed by atoms with Gasteiger partial charge in [0.2, 0.25) is 11.7 Å². The third-order valence-electron chi connectivity index (χ3n) is 7.75. The van der Waals surface area contributed by atoms with E-state index >= 15 is 0 Å². The van der Waals surface area contributed by atoms with Crippen molar-refractivity contribution in [3.8, 4) is 0 Å². The predicted molar refractivity (Wildman–Crippen MR) is 147 cm³/mol. The number of ketones is 1. The van der Waals surface area contributed by atoms with Crippen molar-refractivity contribution >= 4 is 29.6 Å². The molecule has 11 nitrogen and oxygen atoms in total. The maximum absolute atomic E-state index is 14.1. The molecule has 0 spiro atoms. The molecule has 1 saturated heterocycles. The number of carbonyl (C=O) groups is 5. The second kappa shape index (κ2) is 14.8. The summed E-state index contributed by atoms with van der Waals surface area (Å²) in [7, 11) is 2.72. The van der Waals surface area contributed by atoms with Gasteiger partial charge in [0, 0.05) is 20.1 Å². The number of ether oxygens (including phenoxy) is 2. The number of Topliss-reactive ketones (excluding diaryl/α,β-unsaturated/α-hetero) is 1. The maximum atomic E-state index is 14.1. The van der Waals surface area contributed by atoms with Crippen LogP contribution in [0, 0.1) is 0 Å². The monoisotopic (exact) mass is 558 g/mol. The fourth-order valence-corrected chi connectivity index (χ4v) is 5.37. The number of urea groups is 1. The van der Waals surface area contributed by atoms with Gasteiger partial charge in [-0.05, 0) is 24.8 Å². The Hall–Kier alpha value is -3.47. The fourth-order valence-electron chi connectivity index (χ4n) is 5.37. The van der Waals surface area contributed by atoms with E-state index in [1.807, 2.05) is 6.92 Å². The molecule has 2 aliphatic rings. The Labute approximate surface area is 235 Å². The van der Waals surface area contributed by atoms with Crippen molar-refractivity contribution in [3.63, 3.8) is 0 Å². The summed E-state index contributed by atoms with van der Waals surface area (Å²) in [6.07, 6.45) is 4.99. The largest absolute Gasteiger partial charge is 0.467 e. The molecule has 0 radical (unpaired) electrons. The summed E-state index contributed by atoms with van der Waals surface area (Å²) < 4.78 is 10.2. The molecule has 40 heavy (non-hydrogen) atoms. The summed E-state index contributed by atoms with van der Waals surface area (Å²) in [5, 5.41) is 5.51. The Morgan fingerprint density at radius 1 is 1.05 bits per heavy atom. The van der Waals surface area contributed by atoms with Crippen molar-refractivity contribution in [2.45, 2.75) is 75.9 Å². The maximum Gasteiger partial charge on any atom is 0.333 e. The van der Waals surface area contributed by atoms with Gasteiger partial charge in [-0.15, -0.1) is 0 Å². The molecular formula is C29H42N4O7. The highest BCUT2D eigenvalue weighted by Crippen LogP contribution is 2.31. The van der Waals surface area contributed by atoms with Gasteiger partial charge in [-0.2, -0.15) is 0 Å². The van der Waals surface area contributed by atoms with E-state index in [4.69, 9.17) is 9.47 Å². The zero-order chi connectivity index (χ0) is 29.1. The SMILES string of the molecule is CCCC[C@@H](C(=O)C(=O)N[C@H](C(=O)OC)c1ccccc1)N(C)C(=O)C1(NC(=O)N2CCOCC2)CCCCC1. The summed E-state index contributed by atoms with van der Waals surface area (Å²) in [6.45, 7) is 3.70. The number of hydrogen-bond donors (Lipinski definition) is 2. The second-order valence-electron chi connectivity index (χ2n) is 10.5. The van der Waals surface area contributed by atoms with Gasteiger partial charge in [0.1, 0.15) is 5.54 Å². The molecule has 2 fully saturated rings. The van der Waals surface area contributed by atoms with Crippen molar-refractivity contribution in [2.75, 3.05) is 40.5 Å². The lowest BCUT2D eigenvalue weighted by atomic mass is 9.80. The highest BCUT2D eigenvalue weighted by atomic mass is 16.5. The number of methoxy groups -OCH3 is 1. The van der Waals surface area contributed by atoms with Crippen molar-refractivity contribution in [1.29, 1.82) is 0 Å². The highest BCUT2D eigenvalue weighted by molar-refractivity contribution is 6.38. The van der Waals surface area contributed by atoms with Crippen LogP contribution in [0.25, 0.3) is 0 Å². The lowest BCUT2D eigenvalue weighted by Crippen LogP contribution is -2.65. The molecule has 11 heteroatoms. The molecule has 1 aliphatic heterocycles. The normalized spacial score (nSPS) is 18.1. The summed E-state index contributed by atoms with van der Waals surface area (Å²) >= 11 is 0. The van der Waals surface area contributed by atoms with Crippen LogP contribution in [0.15, 0.2) is 30.3 Å². The van der Waals surface area contributed by atoms with Gasteiger partial charge in [-0.1, -0.05) is 69.4 Å². The van der Waals surface area contributed by atoms with E-state index in [2.05, 4.69) is 10.6 Å². The molecular weight excluding hydrogens is 516 g/mol. The Morgan fingerprint density at radius 2 is 1.70 bits per heavy atom. The number of unbranched alkanes of at least 4 members (excludes halogenated alkanes) is 1. The number of nitrogens with one attached hydrogen (secondary N) is 2. The lowest BCUT2D eigenvalue weighted by molar-refractivity contribution is -0.151. The second-order valence-corrected chi connectivity index (χ2v) is 10.5. The molecule has 1 saturated carbocycles. The van der Waals surface area contributed by atoms with Gasteiger partial charge < -0.3 is 29.9 Å². The highest BCUT2D eigenvalue weighted by Gasteiger charge is 2.46. The number of benzene rings is 1. The Kier molecular flexibility index (Phi) is 11.5. The minimum Gasteiger partial charge on any atom is -0.467 e. The van der Waals surface area contributed by atoms with Crippen LogP contribution in [0.4, 0.5) is 4.79 Å². The van der Waals surface area contributed by atoms with Crippen molar-refractivity contribution in [3.05, 3.63) is 35.9 Å². The molecule has 1 aliphatic carbocycles. The number of likely N-dealkylation sites (N-methyl/N-ethyl adjacent to an activating group) is 1. The van der Waals surface area contributed by atoms with E-state index < -0.39 is 35.3 Å². The number of nitrogens with zero attached hydrogens (tertiary/aromatic N) is 2. The molecule has 1 aromatic carbocycles. The van der Waals surface area contributed by atoms with Crippen LogP contribution in [0.1, 0.15) is 69.9 Å². The van der Waals surface area contributed by atoms with E-state index in [0.29, 0.717) is 51.1 Å². The minimum atomic E-state index is -1.17. The van der Waals surface area contributed by atoms with E-state index in [-0.39, 0.29) is 18.4 Å². The van der Waals surface area contributed by atoms with Gasteiger partial charge in [-0.3, -0.25) is 14.4 Å². The number of rotatable bonds is 11. The first-order chi connectivity index (χ1) is 19.2. The first-order valence-electron chi connectivity index (χ1n) is 14.1. The average molecular weight is 559 g/mol. The fraction of sp³-hybridized carbons (Fsp3) is 0.621. The van der Waals surface area contributed by atoms with Crippen LogP contribution in [0.2, 0.25) is 0 Å². The van der Waals surface area contributed by atoms with E-state index in [1.165, 1.54) is 19.1 Å². The Bertz CT molecular complexity index is 1040. The molecule has 0 unspecified atom stereocenters. The molecule has 0 bridgehead atoms. The summed E-state index contributed by atoms with van der Waals surface area (Å²) in [5.74, 6) is -2.90. The third kappa shape index (κ3) is 7.59. The van der Waals surface area contributed by atoms with Gasteiger partial charge in [0.25, 0.3) is 5.91 Å². The molecule has 1 heterocycles. The molecule has 220 valence electrons. The van der Waals surface area contributed by atoms with E-state index in [9.17, 15) is 24.0 Å². The van der Waals surface area contributed by atoms with Gasteiger partial charge >= 0.3 is 12.0 Å². The molecule has 1 aromatic rings. The molecule has 2 N–H and O–H groups in total. The van der Waals surface area contributed by atoms with Crippen LogP contribution in [0.3, 0.4) is 0 Å². The lowest BCUT2D eigenvalue weighted by Gasteiger charge is -2.42. The zero-order valence-corrected chi connectivity index (χ0v) is 23.8. The van der Waals surface area contributed by atoms with Crippen LogP contribution in [-0.4, -0.2) is 91.4 Å². The van der Waals surface area contributed by atoms with E-state index in [0.717, 1.165) is 25.7 Å². The van der Waals surface area contributed by atoms with E-state index in [1.54, 1.807) is 35.2 Å². The van der Waals surface area contributed by atoms with Crippen molar-refractivity contribution < 1.29 is 33.4 Å². The number of morpholine rings is 1. The van der Waals surface area contributed by atoms with Crippen LogP contribution < -0.4 is 10.6 Å². The number of hydrogen-bond acceptors (Lipinski definition) is 7. The summed E-state index contributed by atoms with van der Waals surface area (Å²) in [4.78, 5) is 69.4. The Balaban J connectivity index is 1.82. The number of carbonyl (C=O) groups excluding carboxylic acids is 5.